The van der Waals surface area contributed by atoms with Crippen molar-refractivity contribution in [1.82, 2.24) is 0 Å². The predicted molar refractivity (Wildman–Crippen MR) is 68.8 cm³/mol. The molecule has 0 unspecified atom stereocenters. The van der Waals surface area contributed by atoms with Crippen molar-refractivity contribution in [1.29, 1.82) is 5.26 Å². The van der Waals surface area contributed by atoms with E-state index in [9.17, 15) is 0 Å². The van der Waals surface area contributed by atoms with Gasteiger partial charge in [0.15, 0.2) is 0 Å². The molecule has 4 heteroatoms. The van der Waals surface area contributed by atoms with Crippen LogP contribution in [-0.4, -0.2) is 0 Å². The molecule has 2 rings (SSSR count). The smallest absolute Gasteiger partial charge is 0.119 e. The minimum atomic E-state index is 0.495. The molecule has 1 aromatic heterocycles. The lowest BCUT2D eigenvalue weighted by Gasteiger charge is -1.97. The van der Waals surface area contributed by atoms with E-state index in [0.29, 0.717) is 5.88 Å². The summed E-state index contributed by atoms with van der Waals surface area (Å²) >= 11 is 9.59. The Kier molecular flexibility index (Phi) is 2.96. The van der Waals surface area contributed by atoms with Crippen LogP contribution < -0.4 is 0 Å². The summed E-state index contributed by atoms with van der Waals surface area (Å²) in [6.45, 7) is 0. The average molecular weight is 334 g/mol. The summed E-state index contributed by atoms with van der Waals surface area (Å²) in [6, 6.07) is 8.22. The summed E-state index contributed by atoms with van der Waals surface area (Å²) in [4.78, 5) is 0.776. The van der Waals surface area contributed by atoms with Crippen LogP contribution in [0.5, 0.6) is 0 Å². The maximum atomic E-state index is 8.91. The molecule has 1 aromatic carbocycles. The van der Waals surface area contributed by atoms with Crippen molar-refractivity contribution in [3.8, 4) is 6.07 Å². The molecule has 1 nitrogen and oxygen atoms in total. The maximum Gasteiger partial charge on any atom is 0.119 e. The molecule has 0 bridgehead atoms. The number of benzene rings is 1. The van der Waals surface area contributed by atoms with Crippen LogP contribution >= 0.6 is 45.5 Å². The largest absolute Gasteiger partial charge is 0.191 e. The van der Waals surface area contributed by atoms with Crippen LogP contribution in [0.3, 0.4) is 0 Å². The summed E-state index contributed by atoms with van der Waals surface area (Å²) < 4.78 is 2.17. The number of rotatable bonds is 1. The van der Waals surface area contributed by atoms with Gasteiger partial charge in [-0.25, -0.2) is 0 Å². The molecule has 14 heavy (non-hydrogen) atoms. The van der Waals surface area contributed by atoms with Crippen molar-refractivity contribution in [2.24, 2.45) is 0 Å². The van der Waals surface area contributed by atoms with E-state index in [1.807, 2.05) is 18.2 Å². The van der Waals surface area contributed by atoms with Crippen LogP contribution in [0.4, 0.5) is 0 Å². The van der Waals surface area contributed by atoms with Crippen LogP contribution in [0.1, 0.15) is 10.4 Å². The fraction of sp³-hybridized carbons (Fsp3) is 0.100. The Morgan fingerprint density at radius 1 is 1.50 bits per heavy atom. The highest BCUT2D eigenvalue weighted by Crippen LogP contribution is 2.34. The average Bonchev–Trinajstić information content (AvgIpc) is 2.55. The molecule has 0 radical (unpaired) electrons. The normalized spacial score (nSPS) is 10.4. The van der Waals surface area contributed by atoms with Gasteiger partial charge in [-0.15, -0.1) is 22.9 Å². The fourth-order valence-electron chi connectivity index (χ4n) is 1.36. The quantitative estimate of drug-likeness (QED) is 0.569. The standard InChI is InChI=1S/C10H5ClINS/c11-4-6-2-1-3-7-9(6)10(12)8(5-13)14-7/h1-3H,4H2. The van der Waals surface area contributed by atoms with Crippen molar-refractivity contribution in [2.45, 2.75) is 5.88 Å². The Morgan fingerprint density at radius 2 is 2.29 bits per heavy atom. The second-order valence-electron chi connectivity index (χ2n) is 2.78. The van der Waals surface area contributed by atoms with Gasteiger partial charge in [0.05, 0.1) is 0 Å². The van der Waals surface area contributed by atoms with E-state index < -0.39 is 0 Å². The summed E-state index contributed by atoms with van der Waals surface area (Å²) in [5.41, 5.74) is 1.10. The number of thiophene rings is 1. The molecule has 0 saturated heterocycles. The first-order valence-electron chi connectivity index (χ1n) is 3.94. The van der Waals surface area contributed by atoms with Crippen molar-refractivity contribution in [3.63, 3.8) is 0 Å². The molecule has 0 aliphatic carbocycles. The van der Waals surface area contributed by atoms with Gasteiger partial charge in [-0.2, -0.15) is 5.26 Å². The van der Waals surface area contributed by atoms with Crippen LogP contribution in [0.25, 0.3) is 10.1 Å². The zero-order valence-corrected chi connectivity index (χ0v) is 10.8. The van der Waals surface area contributed by atoms with E-state index in [4.69, 9.17) is 16.9 Å². The van der Waals surface area contributed by atoms with Gasteiger partial charge >= 0.3 is 0 Å². The summed E-state index contributed by atoms with van der Waals surface area (Å²) in [5.74, 6) is 0.495. The minimum absolute atomic E-state index is 0.495. The van der Waals surface area contributed by atoms with Crippen molar-refractivity contribution in [2.75, 3.05) is 0 Å². The van der Waals surface area contributed by atoms with E-state index >= 15 is 0 Å². The molecule has 0 aliphatic rings. The third-order valence-electron chi connectivity index (χ3n) is 1.99. The third kappa shape index (κ3) is 1.52. The number of halogens is 2. The molecule has 0 amide bonds. The Balaban J connectivity index is 2.87. The Hall–Kier alpha value is -0.310. The molecule has 2 aromatic rings. The molecule has 0 spiro atoms. The lowest BCUT2D eigenvalue weighted by atomic mass is 10.1. The highest BCUT2D eigenvalue weighted by Gasteiger charge is 2.11. The molecule has 70 valence electrons. The van der Waals surface area contributed by atoms with E-state index in [1.54, 1.807) is 0 Å². The Labute approximate surface area is 104 Å². The third-order valence-corrected chi connectivity index (χ3v) is 4.78. The lowest BCUT2D eigenvalue weighted by molar-refractivity contribution is 1.45. The van der Waals surface area contributed by atoms with Crippen LogP contribution in [0.15, 0.2) is 18.2 Å². The molecular weight excluding hydrogens is 329 g/mol. The zero-order valence-electron chi connectivity index (χ0n) is 7.05. The number of fused-ring (bicyclic) bond motifs is 1. The highest BCUT2D eigenvalue weighted by molar-refractivity contribution is 14.1. The molecule has 0 saturated carbocycles. The Morgan fingerprint density at radius 3 is 2.93 bits per heavy atom. The number of nitrogens with zero attached hydrogens (tertiary/aromatic N) is 1. The molecule has 1 heterocycles. The van der Waals surface area contributed by atoms with Crippen LogP contribution in [-0.2, 0) is 5.88 Å². The lowest BCUT2D eigenvalue weighted by Crippen LogP contribution is -1.80. The molecule has 0 fully saturated rings. The van der Waals surface area contributed by atoms with Gasteiger partial charge in [-0.3, -0.25) is 0 Å². The Bertz CT molecular complexity index is 527. The predicted octanol–water partition coefficient (Wildman–Crippen LogP) is 4.12. The first-order chi connectivity index (χ1) is 6.77. The molecular formula is C10H5ClINS. The SMILES string of the molecule is N#Cc1sc2cccc(CCl)c2c1I. The van der Waals surface area contributed by atoms with Crippen LogP contribution in [0.2, 0.25) is 0 Å². The summed E-state index contributed by atoms with van der Waals surface area (Å²) in [6.07, 6.45) is 0. The second-order valence-corrected chi connectivity index (χ2v) is 5.18. The summed E-state index contributed by atoms with van der Waals surface area (Å²) in [7, 11) is 0. The number of hydrogen-bond acceptors (Lipinski definition) is 2. The first kappa shape index (κ1) is 10.2. The zero-order chi connectivity index (χ0) is 10.1. The van der Waals surface area contributed by atoms with Gasteiger partial charge in [-0.1, -0.05) is 12.1 Å². The van der Waals surface area contributed by atoms with E-state index in [0.717, 1.165) is 24.1 Å². The number of nitriles is 1. The topological polar surface area (TPSA) is 23.8 Å². The van der Waals surface area contributed by atoms with Gasteiger partial charge in [0.2, 0.25) is 0 Å². The van der Waals surface area contributed by atoms with Gasteiger partial charge in [0, 0.05) is 19.5 Å². The molecule has 0 atom stereocenters. The summed E-state index contributed by atoms with van der Waals surface area (Å²) in [5, 5.41) is 10.0. The van der Waals surface area contributed by atoms with Gasteiger partial charge in [0.1, 0.15) is 10.9 Å². The monoisotopic (exact) mass is 333 g/mol. The van der Waals surface area contributed by atoms with E-state index in [-0.39, 0.29) is 0 Å². The second kappa shape index (κ2) is 4.05. The van der Waals surface area contributed by atoms with E-state index in [2.05, 4.69) is 28.7 Å². The van der Waals surface area contributed by atoms with Crippen LogP contribution in [0, 0.1) is 14.9 Å². The number of alkyl halides is 1. The fourth-order valence-corrected chi connectivity index (χ4v) is 3.79. The highest BCUT2D eigenvalue weighted by atomic mass is 127. The maximum absolute atomic E-state index is 8.91. The van der Waals surface area contributed by atoms with Crippen molar-refractivity contribution in [3.05, 3.63) is 32.2 Å². The van der Waals surface area contributed by atoms with Crippen molar-refractivity contribution < 1.29 is 0 Å². The van der Waals surface area contributed by atoms with Gasteiger partial charge in [0.25, 0.3) is 0 Å². The van der Waals surface area contributed by atoms with Gasteiger partial charge in [-0.05, 0) is 34.2 Å². The minimum Gasteiger partial charge on any atom is -0.191 e. The van der Waals surface area contributed by atoms with E-state index in [1.165, 1.54) is 11.3 Å². The number of hydrogen-bond donors (Lipinski definition) is 0. The van der Waals surface area contributed by atoms with Crippen molar-refractivity contribution >= 4 is 55.6 Å². The molecule has 0 aliphatic heterocycles. The van der Waals surface area contributed by atoms with Gasteiger partial charge < -0.3 is 0 Å². The molecule has 0 N–H and O–H groups in total. The first-order valence-corrected chi connectivity index (χ1v) is 6.37.